The molecular formula is C23H26ClN3O7. The Morgan fingerprint density at radius 3 is 2.47 bits per heavy atom. The van der Waals surface area contributed by atoms with Crippen molar-refractivity contribution in [3.8, 4) is 17.6 Å². The molecular weight excluding hydrogens is 466 g/mol. The fourth-order valence-corrected chi connectivity index (χ4v) is 3.61. The van der Waals surface area contributed by atoms with Crippen molar-refractivity contribution in [1.29, 1.82) is 0 Å². The van der Waals surface area contributed by atoms with Gasteiger partial charge in [-0.1, -0.05) is 11.8 Å². The standard InChI is InChI=1S/C23H26ClN3O7/c1-23(32,11-3-13-24)12-4-16-33-18-9-7-17(8-10-18)25-14-15-26(21(25)30)34-22(31)27-19(28)5-2-6-20(27)29/h7-10,32H,2-3,5-6,11,13-16H2,1H3. The summed E-state index contributed by atoms with van der Waals surface area (Å²) in [5.41, 5.74) is -0.571. The van der Waals surface area contributed by atoms with Gasteiger partial charge in [0.1, 0.15) is 18.0 Å². The molecule has 10 nitrogen and oxygen atoms in total. The summed E-state index contributed by atoms with van der Waals surface area (Å²) in [6.45, 7) is 2.03. The Balaban J connectivity index is 1.52. The summed E-state index contributed by atoms with van der Waals surface area (Å²) < 4.78 is 5.55. The van der Waals surface area contributed by atoms with Crippen molar-refractivity contribution in [1.82, 2.24) is 9.96 Å². The first-order chi connectivity index (χ1) is 16.2. The van der Waals surface area contributed by atoms with Crippen LogP contribution in [-0.4, -0.2) is 70.2 Å². The number of imide groups is 3. The highest BCUT2D eigenvalue weighted by molar-refractivity contribution is 6.17. The molecule has 2 aliphatic rings. The molecule has 5 amide bonds. The Morgan fingerprint density at radius 1 is 1.15 bits per heavy atom. The second kappa shape index (κ2) is 11.2. The van der Waals surface area contributed by atoms with Gasteiger partial charge in [-0.2, -0.15) is 4.90 Å². The maximum atomic E-state index is 12.7. The summed E-state index contributed by atoms with van der Waals surface area (Å²) in [5.74, 6) is 5.24. The van der Waals surface area contributed by atoms with Gasteiger partial charge in [-0.15, -0.1) is 16.7 Å². The van der Waals surface area contributed by atoms with Crippen LogP contribution in [0.5, 0.6) is 5.75 Å². The van der Waals surface area contributed by atoms with Gasteiger partial charge in [0.2, 0.25) is 11.8 Å². The summed E-state index contributed by atoms with van der Waals surface area (Å²) in [7, 11) is 0. The molecule has 0 saturated carbocycles. The van der Waals surface area contributed by atoms with Crippen LogP contribution in [0, 0.1) is 11.8 Å². The maximum Gasteiger partial charge on any atom is 0.448 e. The van der Waals surface area contributed by atoms with Crippen LogP contribution < -0.4 is 9.64 Å². The Kier molecular flexibility index (Phi) is 8.36. The van der Waals surface area contributed by atoms with Crippen LogP contribution in [0.15, 0.2) is 24.3 Å². The van der Waals surface area contributed by atoms with Gasteiger partial charge in [-0.25, -0.2) is 9.59 Å². The van der Waals surface area contributed by atoms with Crippen LogP contribution in [0.1, 0.15) is 39.0 Å². The lowest BCUT2D eigenvalue weighted by atomic mass is 10.0. The van der Waals surface area contributed by atoms with Crippen LogP contribution in [0.3, 0.4) is 0 Å². The normalized spacial score (nSPS) is 17.9. The van der Waals surface area contributed by atoms with E-state index in [1.54, 1.807) is 31.2 Å². The number of hydrogen-bond donors (Lipinski definition) is 1. The van der Waals surface area contributed by atoms with E-state index in [0.29, 0.717) is 41.5 Å². The number of piperidine rings is 1. The first-order valence-electron chi connectivity index (χ1n) is 10.9. The second-order valence-corrected chi connectivity index (χ2v) is 8.40. The van der Waals surface area contributed by atoms with Crippen molar-refractivity contribution < 1.29 is 33.9 Å². The molecule has 182 valence electrons. The van der Waals surface area contributed by atoms with Crippen molar-refractivity contribution in [2.24, 2.45) is 0 Å². The molecule has 2 heterocycles. The minimum atomic E-state index is -1.17. The smallest absolute Gasteiger partial charge is 0.448 e. The van der Waals surface area contributed by atoms with Crippen LogP contribution in [-0.2, 0) is 14.4 Å². The number of urea groups is 1. The molecule has 0 spiro atoms. The number of hydroxylamine groups is 2. The van der Waals surface area contributed by atoms with Gasteiger partial charge in [0.05, 0.1) is 6.54 Å². The van der Waals surface area contributed by atoms with E-state index >= 15 is 0 Å². The molecule has 0 bridgehead atoms. The third-order valence-electron chi connectivity index (χ3n) is 5.24. The zero-order valence-corrected chi connectivity index (χ0v) is 19.5. The zero-order valence-electron chi connectivity index (χ0n) is 18.8. The molecule has 1 aromatic carbocycles. The van der Waals surface area contributed by atoms with Gasteiger partial charge in [-0.05, 0) is 50.5 Å². The van der Waals surface area contributed by atoms with E-state index in [9.17, 15) is 24.3 Å². The Bertz CT molecular complexity index is 984. The number of benzene rings is 1. The molecule has 1 N–H and O–H groups in total. The lowest BCUT2D eigenvalue weighted by Gasteiger charge is -2.24. The first-order valence-corrected chi connectivity index (χ1v) is 11.4. The molecule has 0 aromatic heterocycles. The fraction of sp³-hybridized carbons (Fsp3) is 0.478. The molecule has 2 fully saturated rings. The molecule has 2 aliphatic heterocycles. The molecule has 0 aliphatic carbocycles. The van der Waals surface area contributed by atoms with Gasteiger partial charge >= 0.3 is 12.1 Å². The van der Waals surface area contributed by atoms with Crippen LogP contribution in [0.4, 0.5) is 15.3 Å². The topological polar surface area (TPSA) is 117 Å². The quantitative estimate of drug-likeness (QED) is 0.354. The van der Waals surface area contributed by atoms with Gasteiger partial charge in [0, 0.05) is 31.0 Å². The molecule has 34 heavy (non-hydrogen) atoms. The molecule has 2 saturated heterocycles. The number of amides is 5. The number of carbonyl (C=O) groups excluding carboxylic acids is 4. The third-order valence-corrected chi connectivity index (χ3v) is 5.50. The maximum absolute atomic E-state index is 12.7. The Hall–Kier alpha value is -3.29. The highest BCUT2D eigenvalue weighted by atomic mass is 35.5. The third kappa shape index (κ3) is 6.40. The minimum absolute atomic E-state index is 0.0776. The van der Waals surface area contributed by atoms with Crippen molar-refractivity contribution in [3.05, 3.63) is 24.3 Å². The largest absolute Gasteiger partial charge is 0.481 e. The van der Waals surface area contributed by atoms with E-state index in [4.69, 9.17) is 21.2 Å². The second-order valence-electron chi connectivity index (χ2n) is 8.02. The van der Waals surface area contributed by atoms with Gasteiger partial charge in [-0.3, -0.25) is 14.5 Å². The molecule has 1 aromatic rings. The van der Waals surface area contributed by atoms with E-state index in [-0.39, 0.29) is 32.5 Å². The van der Waals surface area contributed by atoms with E-state index < -0.39 is 29.5 Å². The molecule has 1 atom stereocenters. The fourth-order valence-electron chi connectivity index (χ4n) is 3.47. The summed E-state index contributed by atoms with van der Waals surface area (Å²) in [5, 5.41) is 10.9. The predicted molar refractivity (Wildman–Crippen MR) is 122 cm³/mol. The number of ether oxygens (including phenoxy) is 1. The van der Waals surface area contributed by atoms with Crippen molar-refractivity contribution >= 4 is 41.2 Å². The summed E-state index contributed by atoms with van der Waals surface area (Å²) >= 11 is 5.63. The number of rotatable bonds is 7. The average molecular weight is 492 g/mol. The van der Waals surface area contributed by atoms with E-state index in [2.05, 4.69) is 11.8 Å². The highest BCUT2D eigenvalue weighted by Crippen LogP contribution is 2.24. The number of halogens is 1. The zero-order chi connectivity index (χ0) is 24.7. The number of likely N-dealkylation sites (tertiary alicyclic amines) is 1. The van der Waals surface area contributed by atoms with Gasteiger partial charge in [0.25, 0.3) is 0 Å². The lowest BCUT2D eigenvalue weighted by molar-refractivity contribution is -0.149. The number of hydrogen-bond acceptors (Lipinski definition) is 7. The summed E-state index contributed by atoms with van der Waals surface area (Å²) in [6, 6.07) is 6.07. The number of carbonyl (C=O) groups is 4. The number of alkyl halides is 1. The van der Waals surface area contributed by atoms with Crippen molar-refractivity contribution in [2.75, 3.05) is 30.5 Å². The predicted octanol–water partition coefficient (Wildman–Crippen LogP) is 2.67. The van der Waals surface area contributed by atoms with Crippen molar-refractivity contribution in [2.45, 2.75) is 44.6 Å². The molecule has 3 rings (SSSR count). The Labute approximate surface area is 202 Å². The van der Waals surface area contributed by atoms with E-state index in [1.807, 2.05) is 0 Å². The molecule has 0 radical (unpaired) electrons. The Morgan fingerprint density at radius 2 is 1.82 bits per heavy atom. The van der Waals surface area contributed by atoms with Crippen LogP contribution in [0.2, 0.25) is 0 Å². The number of aliphatic hydroxyl groups is 1. The van der Waals surface area contributed by atoms with Crippen LogP contribution in [0.25, 0.3) is 0 Å². The molecule has 11 heteroatoms. The number of nitrogens with zero attached hydrogens (tertiary/aromatic N) is 3. The van der Waals surface area contributed by atoms with Gasteiger partial charge in [0.15, 0.2) is 0 Å². The van der Waals surface area contributed by atoms with E-state index in [0.717, 1.165) is 5.06 Å². The SMILES string of the molecule is CC(O)(C#CCOc1ccc(N2CCN(OC(=O)N3C(=O)CCCC3=O)C2=O)cc1)CCCCl. The van der Waals surface area contributed by atoms with Crippen LogP contribution >= 0.6 is 11.6 Å². The van der Waals surface area contributed by atoms with Crippen molar-refractivity contribution in [3.63, 3.8) is 0 Å². The molecule has 1 unspecified atom stereocenters. The monoisotopic (exact) mass is 491 g/mol. The highest BCUT2D eigenvalue weighted by Gasteiger charge is 2.38. The summed E-state index contributed by atoms with van der Waals surface area (Å²) in [6.07, 6.45) is 0.504. The average Bonchev–Trinajstić information content (AvgIpc) is 3.15. The van der Waals surface area contributed by atoms with Gasteiger partial charge < -0.3 is 14.7 Å². The summed E-state index contributed by atoms with van der Waals surface area (Å²) in [4.78, 5) is 55.5. The number of anilines is 1. The minimum Gasteiger partial charge on any atom is -0.481 e. The lowest BCUT2D eigenvalue weighted by Crippen LogP contribution is -2.47. The first kappa shape index (κ1) is 25.3. The van der Waals surface area contributed by atoms with E-state index in [1.165, 1.54) is 4.90 Å².